The predicted octanol–water partition coefficient (Wildman–Crippen LogP) is 7.62. The molecule has 0 radical (unpaired) electrons. The molecule has 5 aromatic rings. The topological polar surface area (TPSA) is 27.1 Å². The Morgan fingerprint density at radius 2 is 1.26 bits per heavy atom. The van der Waals surface area contributed by atoms with Crippen LogP contribution in [-0.4, -0.2) is 15.9 Å². The summed E-state index contributed by atoms with van der Waals surface area (Å²) < 4.78 is 8.41. The summed E-state index contributed by atoms with van der Waals surface area (Å²) in [5.74, 6) is 0.894. The summed E-state index contributed by atoms with van der Waals surface area (Å²) in [5.41, 5.74) is 5.05. The average molecular weight is 461 g/mol. The molecule has 4 aromatic carbocycles. The van der Waals surface area contributed by atoms with Crippen molar-refractivity contribution in [2.75, 3.05) is 0 Å². The van der Waals surface area contributed by atoms with Crippen LogP contribution in [0.15, 0.2) is 109 Å². The lowest BCUT2D eigenvalue weighted by Gasteiger charge is -2.37. The summed E-state index contributed by atoms with van der Waals surface area (Å²) in [4.78, 5) is 0. The predicted molar refractivity (Wildman–Crippen MR) is 144 cm³/mol. The van der Waals surface area contributed by atoms with E-state index in [-0.39, 0.29) is 6.10 Å². The van der Waals surface area contributed by atoms with E-state index >= 15 is 0 Å². The van der Waals surface area contributed by atoms with E-state index in [4.69, 9.17) is 9.84 Å². The number of hydrogen-bond acceptors (Lipinski definition) is 2. The van der Waals surface area contributed by atoms with Gasteiger partial charge in [0.25, 0.3) is 0 Å². The molecule has 1 unspecified atom stereocenters. The largest absolute Gasteiger partial charge is 0.491 e. The van der Waals surface area contributed by atoms with E-state index < -0.39 is 5.54 Å². The second-order valence-electron chi connectivity index (χ2n) is 9.04. The molecule has 0 spiro atoms. The Labute approximate surface area is 208 Å². The third kappa shape index (κ3) is 4.01. The van der Waals surface area contributed by atoms with Gasteiger partial charge < -0.3 is 4.74 Å². The molecule has 1 heterocycles. The van der Waals surface area contributed by atoms with Crippen LogP contribution in [0.25, 0.3) is 10.9 Å². The van der Waals surface area contributed by atoms with E-state index in [1.54, 1.807) is 0 Å². The van der Waals surface area contributed by atoms with Crippen LogP contribution in [0.3, 0.4) is 0 Å². The number of aryl methyl sites for hydroxylation is 1. The van der Waals surface area contributed by atoms with Crippen molar-refractivity contribution in [1.29, 1.82) is 0 Å². The van der Waals surface area contributed by atoms with Crippen LogP contribution in [0.2, 0.25) is 0 Å². The summed E-state index contributed by atoms with van der Waals surface area (Å²) in [6, 6.07) is 38.5. The molecular weight excluding hydrogens is 428 g/mol. The van der Waals surface area contributed by atoms with Gasteiger partial charge in [-0.2, -0.15) is 5.10 Å². The summed E-state index contributed by atoms with van der Waals surface area (Å²) in [7, 11) is 0. The molecule has 1 atom stereocenters. The Hall–Kier alpha value is -3.85. The number of nitrogens with zero attached hydrogens (tertiary/aromatic N) is 2. The monoisotopic (exact) mass is 460 g/mol. The first-order chi connectivity index (χ1) is 17.2. The highest BCUT2D eigenvalue weighted by atomic mass is 16.5. The lowest BCUT2D eigenvalue weighted by molar-refractivity contribution is 0.217. The minimum absolute atomic E-state index is 0.171. The van der Waals surface area contributed by atoms with Gasteiger partial charge >= 0.3 is 0 Å². The van der Waals surface area contributed by atoms with Crippen LogP contribution in [-0.2, 0) is 12.0 Å². The number of ether oxygens (including phenoxy) is 1. The molecule has 0 saturated carbocycles. The van der Waals surface area contributed by atoms with Gasteiger partial charge in [-0.25, -0.2) is 4.68 Å². The summed E-state index contributed by atoms with van der Waals surface area (Å²) in [5, 5.41) is 6.45. The number of benzene rings is 4. The molecule has 5 rings (SSSR count). The standard InChI is InChI=1S/C32H32N2O/c1-4-24(3)35-28-21-22-31-29(23-28)30(5-2)33-34(31)32(25-15-9-6-10-16-25,26-17-11-7-12-18-26)27-19-13-8-14-20-27/h6-24H,4-5H2,1-3H3. The highest BCUT2D eigenvalue weighted by Crippen LogP contribution is 2.43. The van der Waals surface area contributed by atoms with E-state index in [0.717, 1.165) is 35.2 Å². The Morgan fingerprint density at radius 3 is 1.71 bits per heavy atom. The normalized spacial score (nSPS) is 12.5. The Balaban J connectivity index is 1.87. The molecule has 35 heavy (non-hydrogen) atoms. The van der Waals surface area contributed by atoms with E-state index in [1.807, 2.05) is 0 Å². The highest BCUT2D eigenvalue weighted by molar-refractivity contribution is 5.84. The Bertz CT molecular complexity index is 1290. The molecule has 0 bridgehead atoms. The van der Waals surface area contributed by atoms with Crippen LogP contribution in [0.5, 0.6) is 5.75 Å². The van der Waals surface area contributed by atoms with Crippen molar-refractivity contribution in [3.63, 3.8) is 0 Å². The first kappa shape index (κ1) is 22.9. The Morgan fingerprint density at radius 1 is 0.743 bits per heavy atom. The Kier molecular flexibility index (Phi) is 6.41. The van der Waals surface area contributed by atoms with Crippen molar-refractivity contribution in [2.24, 2.45) is 0 Å². The van der Waals surface area contributed by atoms with E-state index in [2.05, 4.69) is 135 Å². The molecule has 0 N–H and O–H groups in total. The quantitative estimate of drug-likeness (QED) is 0.223. The van der Waals surface area contributed by atoms with Crippen LogP contribution in [0.4, 0.5) is 0 Å². The molecule has 3 nitrogen and oxygen atoms in total. The third-order valence-electron chi connectivity index (χ3n) is 6.87. The fraction of sp³-hybridized carbons (Fsp3) is 0.219. The maximum Gasteiger partial charge on any atom is 0.138 e. The molecule has 176 valence electrons. The molecule has 0 aliphatic heterocycles. The number of hydrogen-bond donors (Lipinski definition) is 0. The van der Waals surface area contributed by atoms with Crippen LogP contribution in [0, 0.1) is 0 Å². The molecule has 0 amide bonds. The van der Waals surface area contributed by atoms with E-state index in [1.165, 1.54) is 16.7 Å². The zero-order chi connectivity index (χ0) is 24.3. The SMILES string of the molecule is CCc1nn(C(c2ccccc2)(c2ccccc2)c2ccccc2)c2ccc(OC(C)CC)cc12. The van der Waals surface area contributed by atoms with Crippen molar-refractivity contribution in [1.82, 2.24) is 9.78 Å². The number of rotatable bonds is 8. The fourth-order valence-electron chi connectivity index (χ4n) is 4.97. The first-order valence-electron chi connectivity index (χ1n) is 12.5. The molecule has 0 fully saturated rings. The van der Waals surface area contributed by atoms with Crippen molar-refractivity contribution in [3.05, 3.63) is 132 Å². The molecular formula is C32H32N2O. The molecule has 0 aliphatic rings. The summed E-state index contributed by atoms with van der Waals surface area (Å²) in [6.07, 6.45) is 1.98. The molecule has 0 aliphatic carbocycles. The van der Waals surface area contributed by atoms with Gasteiger partial charge in [-0.15, -0.1) is 0 Å². The van der Waals surface area contributed by atoms with Gasteiger partial charge in [0.2, 0.25) is 0 Å². The van der Waals surface area contributed by atoms with Crippen molar-refractivity contribution in [2.45, 2.75) is 45.3 Å². The van der Waals surface area contributed by atoms with Gasteiger partial charge in [-0.05, 0) is 54.7 Å². The van der Waals surface area contributed by atoms with Gasteiger partial charge in [-0.1, -0.05) is 105 Å². The minimum atomic E-state index is -0.630. The number of aromatic nitrogens is 2. The van der Waals surface area contributed by atoms with Crippen LogP contribution < -0.4 is 4.74 Å². The lowest BCUT2D eigenvalue weighted by atomic mass is 9.77. The first-order valence-corrected chi connectivity index (χ1v) is 12.5. The maximum absolute atomic E-state index is 6.18. The van der Waals surface area contributed by atoms with Gasteiger partial charge in [0, 0.05) is 5.39 Å². The van der Waals surface area contributed by atoms with E-state index in [9.17, 15) is 0 Å². The van der Waals surface area contributed by atoms with Gasteiger partial charge in [0.15, 0.2) is 0 Å². The van der Waals surface area contributed by atoms with Crippen molar-refractivity contribution < 1.29 is 4.74 Å². The summed E-state index contributed by atoms with van der Waals surface area (Å²) in [6.45, 7) is 6.43. The average Bonchev–Trinajstić information content (AvgIpc) is 3.29. The second-order valence-corrected chi connectivity index (χ2v) is 9.04. The van der Waals surface area contributed by atoms with Crippen LogP contribution >= 0.6 is 0 Å². The van der Waals surface area contributed by atoms with Crippen LogP contribution in [0.1, 0.15) is 49.6 Å². The van der Waals surface area contributed by atoms with Gasteiger partial charge in [0.1, 0.15) is 11.3 Å². The fourth-order valence-corrected chi connectivity index (χ4v) is 4.97. The second kappa shape index (κ2) is 9.79. The third-order valence-corrected chi connectivity index (χ3v) is 6.87. The zero-order valence-corrected chi connectivity index (χ0v) is 20.7. The summed E-state index contributed by atoms with van der Waals surface area (Å²) >= 11 is 0. The maximum atomic E-state index is 6.18. The molecule has 0 saturated heterocycles. The van der Waals surface area contributed by atoms with Crippen molar-refractivity contribution >= 4 is 10.9 Å². The van der Waals surface area contributed by atoms with Gasteiger partial charge in [0.05, 0.1) is 17.3 Å². The van der Waals surface area contributed by atoms with Crippen molar-refractivity contribution in [3.8, 4) is 5.75 Å². The molecule has 1 aromatic heterocycles. The highest BCUT2D eigenvalue weighted by Gasteiger charge is 2.40. The van der Waals surface area contributed by atoms with E-state index in [0.29, 0.717) is 0 Å². The lowest BCUT2D eigenvalue weighted by Crippen LogP contribution is -2.38. The smallest absolute Gasteiger partial charge is 0.138 e. The molecule has 3 heteroatoms. The number of fused-ring (bicyclic) bond motifs is 1. The minimum Gasteiger partial charge on any atom is -0.491 e. The van der Waals surface area contributed by atoms with Gasteiger partial charge in [-0.3, -0.25) is 0 Å². The zero-order valence-electron chi connectivity index (χ0n) is 20.7.